The van der Waals surface area contributed by atoms with Crippen LogP contribution in [0.5, 0.6) is 0 Å². The first-order valence-electron chi connectivity index (χ1n) is 7.47. The monoisotopic (exact) mass is 277 g/mol. The minimum Gasteiger partial charge on any atom is -0.356 e. The lowest BCUT2D eigenvalue weighted by atomic mass is 10.0. The highest BCUT2D eigenvalue weighted by Gasteiger charge is 2.10. The Labute approximate surface area is 122 Å². The third kappa shape index (κ3) is 6.17. The molecule has 0 saturated carbocycles. The second-order valence-corrected chi connectivity index (χ2v) is 4.95. The molecule has 0 fully saturated rings. The summed E-state index contributed by atoms with van der Waals surface area (Å²) in [6.07, 6.45) is 1.32. The van der Waals surface area contributed by atoms with E-state index in [0.717, 1.165) is 38.2 Å². The molecule has 1 rings (SSSR count). The normalized spacial score (nSPS) is 12.4. The predicted octanol–water partition coefficient (Wildman–Crippen LogP) is 1.92. The molecule has 0 radical (unpaired) electrons. The number of hydrogen-bond acceptors (Lipinski definition) is 3. The van der Waals surface area contributed by atoms with Crippen molar-refractivity contribution in [3.05, 3.63) is 35.9 Å². The van der Waals surface area contributed by atoms with Crippen LogP contribution in [-0.4, -0.2) is 37.0 Å². The lowest BCUT2D eigenvalue weighted by Gasteiger charge is -2.18. The van der Waals surface area contributed by atoms with Gasteiger partial charge in [-0.25, -0.2) is 0 Å². The quantitative estimate of drug-likeness (QED) is 0.678. The first-order chi connectivity index (χ1) is 9.67. The first kappa shape index (κ1) is 16.7. The van der Waals surface area contributed by atoms with Crippen molar-refractivity contribution in [3.63, 3.8) is 0 Å². The molecule has 1 aromatic carbocycles. The maximum Gasteiger partial charge on any atom is 0.221 e. The molecule has 0 aliphatic rings. The second-order valence-electron chi connectivity index (χ2n) is 4.95. The van der Waals surface area contributed by atoms with Gasteiger partial charge in [0.25, 0.3) is 0 Å². The van der Waals surface area contributed by atoms with Gasteiger partial charge in [-0.2, -0.15) is 0 Å². The minimum atomic E-state index is -0.223. The van der Waals surface area contributed by atoms with Crippen molar-refractivity contribution in [1.29, 1.82) is 0 Å². The van der Waals surface area contributed by atoms with Gasteiger partial charge in [-0.1, -0.05) is 44.2 Å². The largest absolute Gasteiger partial charge is 0.356 e. The Kier molecular flexibility index (Phi) is 7.92. The zero-order chi connectivity index (χ0) is 14.8. The van der Waals surface area contributed by atoms with Gasteiger partial charge in [0.15, 0.2) is 0 Å². The van der Waals surface area contributed by atoms with Crippen LogP contribution >= 0.6 is 0 Å². The molecule has 112 valence electrons. The number of hydrogen-bond donors (Lipinski definition) is 2. The number of carbonyl (C=O) groups excluding carboxylic acids is 1. The Morgan fingerprint density at radius 2 is 1.90 bits per heavy atom. The standard InChI is InChI=1S/C16H27N3O/c1-3-19(4-2)12-8-11-18-16(20)13-15(17)14-9-6-5-7-10-14/h5-7,9-10,15H,3-4,8,11-13,17H2,1-2H3,(H,18,20). The highest BCUT2D eigenvalue weighted by atomic mass is 16.1. The molecule has 20 heavy (non-hydrogen) atoms. The van der Waals surface area contributed by atoms with Gasteiger partial charge in [0.1, 0.15) is 0 Å². The minimum absolute atomic E-state index is 0.0286. The van der Waals surface area contributed by atoms with Crippen molar-refractivity contribution in [2.75, 3.05) is 26.2 Å². The molecule has 4 nitrogen and oxygen atoms in total. The molecule has 4 heteroatoms. The van der Waals surface area contributed by atoms with Crippen molar-refractivity contribution in [2.45, 2.75) is 32.7 Å². The number of amides is 1. The Bertz CT molecular complexity index is 377. The summed E-state index contributed by atoms with van der Waals surface area (Å²) in [5, 5.41) is 2.94. The Hall–Kier alpha value is -1.39. The lowest BCUT2D eigenvalue weighted by molar-refractivity contribution is -0.121. The number of benzene rings is 1. The molecule has 0 aliphatic heterocycles. The van der Waals surface area contributed by atoms with Gasteiger partial charge in [0.05, 0.1) is 0 Å². The van der Waals surface area contributed by atoms with Crippen molar-refractivity contribution < 1.29 is 4.79 Å². The summed E-state index contributed by atoms with van der Waals surface area (Å²) in [7, 11) is 0. The summed E-state index contributed by atoms with van der Waals surface area (Å²) in [5.41, 5.74) is 7.03. The average Bonchev–Trinajstić information content (AvgIpc) is 2.48. The van der Waals surface area contributed by atoms with Crippen LogP contribution in [0.3, 0.4) is 0 Å². The SMILES string of the molecule is CCN(CC)CCCNC(=O)CC(N)c1ccccc1. The van der Waals surface area contributed by atoms with E-state index in [4.69, 9.17) is 5.73 Å². The van der Waals surface area contributed by atoms with E-state index in [9.17, 15) is 4.79 Å². The Morgan fingerprint density at radius 1 is 1.25 bits per heavy atom. The Balaban J connectivity index is 2.20. The van der Waals surface area contributed by atoms with E-state index < -0.39 is 0 Å². The molecule has 0 aliphatic carbocycles. The van der Waals surface area contributed by atoms with Gasteiger partial charge in [0, 0.05) is 19.0 Å². The number of nitrogens with zero attached hydrogens (tertiary/aromatic N) is 1. The molecule has 0 saturated heterocycles. The summed E-state index contributed by atoms with van der Waals surface area (Å²) in [6, 6.07) is 9.52. The van der Waals surface area contributed by atoms with E-state index in [2.05, 4.69) is 24.1 Å². The summed E-state index contributed by atoms with van der Waals surface area (Å²) < 4.78 is 0. The average molecular weight is 277 g/mol. The predicted molar refractivity (Wildman–Crippen MR) is 83.4 cm³/mol. The fourth-order valence-electron chi connectivity index (χ4n) is 2.16. The van der Waals surface area contributed by atoms with Crippen LogP contribution in [0, 0.1) is 0 Å². The van der Waals surface area contributed by atoms with Crippen LogP contribution in [0.2, 0.25) is 0 Å². The number of nitrogens with one attached hydrogen (secondary N) is 1. The van der Waals surface area contributed by atoms with E-state index in [1.807, 2.05) is 30.3 Å². The Morgan fingerprint density at radius 3 is 2.50 bits per heavy atom. The molecule has 1 unspecified atom stereocenters. The summed E-state index contributed by atoms with van der Waals surface area (Å²) in [6.45, 7) is 8.17. The molecule has 1 aromatic rings. The van der Waals surface area contributed by atoms with Gasteiger partial charge in [-0.3, -0.25) is 4.79 Å². The number of nitrogens with two attached hydrogens (primary N) is 1. The molecule has 1 amide bonds. The van der Waals surface area contributed by atoms with Crippen molar-refractivity contribution >= 4 is 5.91 Å². The van der Waals surface area contributed by atoms with Gasteiger partial charge >= 0.3 is 0 Å². The lowest BCUT2D eigenvalue weighted by Crippen LogP contribution is -2.31. The van der Waals surface area contributed by atoms with E-state index in [1.165, 1.54) is 0 Å². The summed E-state index contributed by atoms with van der Waals surface area (Å²) in [4.78, 5) is 14.2. The first-order valence-corrected chi connectivity index (χ1v) is 7.47. The molecular weight excluding hydrogens is 250 g/mol. The fraction of sp³-hybridized carbons (Fsp3) is 0.562. The van der Waals surface area contributed by atoms with Crippen LogP contribution in [-0.2, 0) is 4.79 Å². The van der Waals surface area contributed by atoms with Crippen LogP contribution in [0.4, 0.5) is 0 Å². The maximum atomic E-state index is 11.8. The molecule has 0 spiro atoms. The fourth-order valence-corrected chi connectivity index (χ4v) is 2.16. The molecule has 0 heterocycles. The van der Waals surface area contributed by atoms with Gasteiger partial charge in [-0.05, 0) is 31.6 Å². The van der Waals surface area contributed by atoms with Crippen molar-refractivity contribution in [3.8, 4) is 0 Å². The third-order valence-electron chi connectivity index (χ3n) is 3.50. The zero-order valence-corrected chi connectivity index (χ0v) is 12.6. The van der Waals surface area contributed by atoms with Gasteiger partial charge in [-0.15, -0.1) is 0 Å². The molecule has 3 N–H and O–H groups in total. The molecule has 0 aromatic heterocycles. The van der Waals surface area contributed by atoms with E-state index >= 15 is 0 Å². The van der Waals surface area contributed by atoms with Crippen LogP contribution < -0.4 is 11.1 Å². The topological polar surface area (TPSA) is 58.4 Å². The van der Waals surface area contributed by atoms with Gasteiger partial charge < -0.3 is 16.0 Å². The van der Waals surface area contributed by atoms with E-state index in [1.54, 1.807) is 0 Å². The highest BCUT2D eigenvalue weighted by Crippen LogP contribution is 2.12. The van der Waals surface area contributed by atoms with Crippen LogP contribution in [0.25, 0.3) is 0 Å². The highest BCUT2D eigenvalue weighted by molar-refractivity contribution is 5.76. The third-order valence-corrected chi connectivity index (χ3v) is 3.50. The molecular formula is C16H27N3O. The van der Waals surface area contributed by atoms with Crippen molar-refractivity contribution in [2.24, 2.45) is 5.73 Å². The zero-order valence-electron chi connectivity index (χ0n) is 12.6. The van der Waals surface area contributed by atoms with E-state index in [-0.39, 0.29) is 11.9 Å². The summed E-state index contributed by atoms with van der Waals surface area (Å²) >= 11 is 0. The van der Waals surface area contributed by atoms with Gasteiger partial charge in [0.2, 0.25) is 5.91 Å². The van der Waals surface area contributed by atoms with Crippen molar-refractivity contribution in [1.82, 2.24) is 10.2 Å². The maximum absolute atomic E-state index is 11.8. The second kappa shape index (κ2) is 9.50. The number of carbonyl (C=O) groups is 1. The summed E-state index contributed by atoms with van der Waals surface area (Å²) in [5.74, 6) is 0.0286. The van der Waals surface area contributed by atoms with E-state index in [0.29, 0.717) is 6.42 Å². The molecule has 0 bridgehead atoms. The van der Waals surface area contributed by atoms with Crippen LogP contribution in [0.15, 0.2) is 30.3 Å². The number of rotatable bonds is 9. The molecule has 1 atom stereocenters. The smallest absolute Gasteiger partial charge is 0.221 e. The van der Waals surface area contributed by atoms with Crippen LogP contribution in [0.1, 0.15) is 38.3 Å².